The lowest BCUT2D eigenvalue weighted by molar-refractivity contribution is 0.205. The molecule has 1 aliphatic heterocycles. The van der Waals surface area contributed by atoms with Crippen molar-refractivity contribution in [2.75, 3.05) is 19.6 Å². The van der Waals surface area contributed by atoms with Gasteiger partial charge in [0.1, 0.15) is 0 Å². The second-order valence-electron chi connectivity index (χ2n) is 4.06. The van der Waals surface area contributed by atoms with Gasteiger partial charge < -0.3 is 10.6 Å². The van der Waals surface area contributed by atoms with Crippen LogP contribution in [0.15, 0.2) is 0 Å². The van der Waals surface area contributed by atoms with E-state index in [4.69, 9.17) is 0 Å². The van der Waals surface area contributed by atoms with Gasteiger partial charge in [-0.2, -0.15) is 0 Å². The second-order valence-corrected chi connectivity index (χ2v) is 4.06. The molecule has 0 aromatic rings. The van der Waals surface area contributed by atoms with Crippen LogP contribution in [0.1, 0.15) is 26.2 Å². The molecule has 0 spiro atoms. The second kappa shape index (κ2) is 5.40. The maximum absolute atomic E-state index is 3.68. The van der Waals surface area contributed by atoms with Gasteiger partial charge in [0.15, 0.2) is 0 Å². The Balaban J connectivity index is 0.000000720. The molecule has 1 heterocycles. The van der Waals surface area contributed by atoms with Crippen molar-refractivity contribution in [3.8, 4) is 0 Å². The van der Waals surface area contributed by atoms with E-state index in [1.807, 2.05) is 0 Å². The molecule has 1 aliphatic carbocycles. The summed E-state index contributed by atoms with van der Waals surface area (Å²) >= 11 is 0. The minimum atomic E-state index is 0. The number of rotatable bonds is 4. The zero-order chi connectivity index (χ0) is 7.73. The molecular weight excluding hydrogens is 207 g/mol. The topological polar surface area (TPSA) is 24.1 Å². The van der Waals surface area contributed by atoms with Crippen LogP contribution in [0.5, 0.6) is 0 Å². The fraction of sp³-hybridized carbons (Fsp3) is 1.00. The van der Waals surface area contributed by atoms with E-state index in [-0.39, 0.29) is 24.8 Å². The summed E-state index contributed by atoms with van der Waals surface area (Å²) in [6, 6.07) is 0. The molecule has 0 amide bonds. The molecule has 2 rings (SSSR count). The molecule has 13 heavy (non-hydrogen) atoms. The summed E-state index contributed by atoms with van der Waals surface area (Å²) in [5.74, 6) is 1.01. The van der Waals surface area contributed by atoms with Gasteiger partial charge in [-0.1, -0.05) is 6.92 Å². The molecule has 0 atom stereocenters. The average molecular weight is 227 g/mol. The SMILES string of the molecule is CCC1(NCC2CC2)CNC1.Cl.Cl. The first-order chi connectivity index (χ1) is 5.35. The highest BCUT2D eigenvalue weighted by Gasteiger charge is 2.35. The molecule has 2 aliphatic rings. The van der Waals surface area contributed by atoms with E-state index in [0.29, 0.717) is 5.54 Å². The molecule has 0 unspecified atom stereocenters. The highest BCUT2D eigenvalue weighted by Crippen LogP contribution is 2.29. The first-order valence-corrected chi connectivity index (χ1v) is 4.80. The molecule has 2 fully saturated rings. The summed E-state index contributed by atoms with van der Waals surface area (Å²) in [6.45, 7) is 5.89. The number of nitrogens with one attached hydrogen (secondary N) is 2. The van der Waals surface area contributed by atoms with Crippen molar-refractivity contribution in [3.05, 3.63) is 0 Å². The summed E-state index contributed by atoms with van der Waals surface area (Å²) in [5.41, 5.74) is 0.475. The van der Waals surface area contributed by atoms with Crippen molar-refractivity contribution < 1.29 is 0 Å². The largest absolute Gasteiger partial charge is 0.313 e. The minimum absolute atomic E-state index is 0. The molecule has 1 saturated carbocycles. The van der Waals surface area contributed by atoms with Gasteiger partial charge >= 0.3 is 0 Å². The molecule has 0 bridgehead atoms. The van der Waals surface area contributed by atoms with Gasteiger partial charge in [0.2, 0.25) is 0 Å². The third-order valence-corrected chi connectivity index (χ3v) is 3.07. The van der Waals surface area contributed by atoms with Crippen LogP contribution in [0, 0.1) is 5.92 Å². The van der Waals surface area contributed by atoms with Crippen LogP contribution in [0.2, 0.25) is 0 Å². The van der Waals surface area contributed by atoms with Crippen LogP contribution in [-0.2, 0) is 0 Å². The number of hydrogen-bond donors (Lipinski definition) is 2. The quantitative estimate of drug-likeness (QED) is 0.762. The van der Waals surface area contributed by atoms with Gasteiger partial charge in [-0.25, -0.2) is 0 Å². The van der Waals surface area contributed by atoms with Crippen LogP contribution in [0.4, 0.5) is 0 Å². The Hall–Kier alpha value is 0.500. The third kappa shape index (κ3) is 3.28. The Labute approximate surface area is 93.1 Å². The normalized spacial score (nSPS) is 23.8. The van der Waals surface area contributed by atoms with Crippen molar-refractivity contribution in [1.29, 1.82) is 0 Å². The van der Waals surface area contributed by atoms with Crippen molar-refractivity contribution in [2.24, 2.45) is 5.92 Å². The van der Waals surface area contributed by atoms with Gasteiger partial charge in [0.05, 0.1) is 0 Å². The van der Waals surface area contributed by atoms with E-state index in [9.17, 15) is 0 Å². The lowest BCUT2D eigenvalue weighted by Gasteiger charge is -2.43. The fourth-order valence-electron chi connectivity index (χ4n) is 1.61. The van der Waals surface area contributed by atoms with Crippen molar-refractivity contribution in [1.82, 2.24) is 10.6 Å². The molecule has 0 aromatic heterocycles. The smallest absolute Gasteiger partial charge is 0.0429 e. The molecule has 80 valence electrons. The lowest BCUT2D eigenvalue weighted by Crippen LogP contribution is -2.67. The van der Waals surface area contributed by atoms with E-state index in [2.05, 4.69) is 17.6 Å². The maximum Gasteiger partial charge on any atom is 0.0429 e. The summed E-state index contributed by atoms with van der Waals surface area (Å²) in [7, 11) is 0. The van der Waals surface area contributed by atoms with Gasteiger partial charge in [0.25, 0.3) is 0 Å². The van der Waals surface area contributed by atoms with Crippen molar-refractivity contribution in [3.63, 3.8) is 0 Å². The molecule has 0 radical (unpaired) electrons. The fourth-order valence-corrected chi connectivity index (χ4v) is 1.61. The number of halogens is 2. The van der Waals surface area contributed by atoms with Crippen molar-refractivity contribution >= 4 is 24.8 Å². The lowest BCUT2D eigenvalue weighted by atomic mass is 9.89. The zero-order valence-corrected chi connectivity index (χ0v) is 9.77. The van der Waals surface area contributed by atoms with Crippen LogP contribution in [-0.4, -0.2) is 25.2 Å². The summed E-state index contributed by atoms with van der Waals surface area (Å²) in [4.78, 5) is 0. The molecular formula is C9H20Cl2N2. The first-order valence-electron chi connectivity index (χ1n) is 4.80. The standard InChI is InChI=1S/C9H18N2.2ClH/c1-2-9(6-10-7-9)11-5-8-3-4-8;;/h8,10-11H,2-7H2,1H3;2*1H. The zero-order valence-electron chi connectivity index (χ0n) is 8.14. The highest BCUT2D eigenvalue weighted by atomic mass is 35.5. The van der Waals surface area contributed by atoms with Crippen molar-refractivity contribution in [2.45, 2.75) is 31.7 Å². The third-order valence-electron chi connectivity index (χ3n) is 3.07. The monoisotopic (exact) mass is 226 g/mol. The molecule has 2 nitrogen and oxygen atoms in total. The highest BCUT2D eigenvalue weighted by molar-refractivity contribution is 5.85. The van der Waals surface area contributed by atoms with Crippen LogP contribution in [0.3, 0.4) is 0 Å². The first kappa shape index (κ1) is 13.5. The Morgan fingerprint density at radius 3 is 2.23 bits per heavy atom. The maximum atomic E-state index is 3.68. The van der Waals surface area contributed by atoms with Gasteiger partial charge in [-0.15, -0.1) is 24.8 Å². The summed E-state index contributed by atoms with van der Waals surface area (Å²) in [5, 5.41) is 7.02. The summed E-state index contributed by atoms with van der Waals surface area (Å²) in [6.07, 6.45) is 4.19. The van der Waals surface area contributed by atoms with E-state index in [0.717, 1.165) is 5.92 Å². The van der Waals surface area contributed by atoms with Crippen LogP contribution in [0.25, 0.3) is 0 Å². The van der Waals surface area contributed by atoms with Gasteiger partial charge in [-0.3, -0.25) is 0 Å². The van der Waals surface area contributed by atoms with E-state index in [1.165, 1.54) is 38.9 Å². The number of hydrogen-bond acceptors (Lipinski definition) is 2. The molecule has 2 N–H and O–H groups in total. The van der Waals surface area contributed by atoms with Crippen LogP contribution < -0.4 is 10.6 Å². The average Bonchev–Trinajstić information content (AvgIpc) is 2.70. The Morgan fingerprint density at radius 2 is 1.92 bits per heavy atom. The van der Waals surface area contributed by atoms with E-state index in [1.54, 1.807) is 0 Å². The molecule has 0 aromatic carbocycles. The Bertz CT molecular complexity index is 139. The Morgan fingerprint density at radius 1 is 1.31 bits per heavy atom. The molecule has 1 saturated heterocycles. The van der Waals surface area contributed by atoms with Gasteiger partial charge in [0, 0.05) is 18.6 Å². The molecule has 4 heteroatoms. The minimum Gasteiger partial charge on any atom is -0.313 e. The summed E-state index contributed by atoms with van der Waals surface area (Å²) < 4.78 is 0. The van der Waals surface area contributed by atoms with E-state index >= 15 is 0 Å². The Kier molecular flexibility index (Phi) is 5.61. The van der Waals surface area contributed by atoms with Gasteiger partial charge in [-0.05, 0) is 31.7 Å². The van der Waals surface area contributed by atoms with Crippen LogP contribution >= 0.6 is 24.8 Å². The van der Waals surface area contributed by atoms with E-state index < -0.39 is 0 Å². The predicted octanol–water partition coefficient (Wildman–Crippen LogP) is 1.58. The predicted molar refractivity (Wildman–Crippen MR) is 61.1 cm³/mol.